The molecule has 3 aromatic heterocycles. The average molecular weight is 379 g/mol. The number of aliphatic hydroxyl groups is 1. The molecule has 0 saturated heterocycles. The molecule has 0 fully saturated rings. The normalized spacial score (nSPS) is 15.0. The topological polar surface area (TPSA) is 55.2 Å². The van der Waals surface area contributed by atoms with Crippen LogP contribution in [0.1, 0.15) is 21.7 Å². The van der Waals surface area contributed by atoms with Gasteiger partial charge in [0.2, 0.25) is 0 Å². The molecule has 3 aromatic rings. The van der Waals surface area contributed by atoms with E-state index in [0.717, 1.165) is 16.3 Å². The fourth-order valence-electron chi connectivity index (χ4n) is 2.92. The van der Waals surface area contributed by atoms with Crippen LogP contribution in [0.15, 0.2) is 28.9 Å². The van der Waals surface area contributed by atoms with Gasteiger partial charge in [-0.25, -0.2) is 9.97 Å². The zero-order valence-electron chi connectivity index (χ0n) is 13.1. The van der Waals surface area contributed by atoms with E-state index < -0.39 is 6.10 Å². The van der Waals surface area contributed by atoms with Gasteiger partial charge in [0.15, 0.2) is 0 Å². The van der Waals surface area contributed by atoms with Crippen LogP contribution in [0.2, 0.25) is 0 Å². The fraction of sp³-hybridized carbons (Fsp3) is 0.412. The van der Waals surface area contributed by atoms with Gasteiger partial charge >= 0.3 is 0 Å². The molecule has 1 aliphatic carbocycles. The third kappa shape index (κ3) is 3.50. The lowest BCUT2D eigenvalue weighted by atomic mass is 10.2. The number of aryl methyl sites for hydroxylation is 2. The van der Waals surface area contributed by atoms with Crippen molar-refractivity contribution in [3.8, 4) is 0 Å². The fourth-order valence-corrected chi connectivity index (χ4v) is 5.79. The molecule has 0 aliphatic heterocycles. The molecule has 4 nitrogen and oxygen atoms in total. The highest BCUT2D eigenvalue weighted by molar-refractivity contribution is 7.99. The van der Waals surface area contributed by atoms with Crippen LogP contribution >= 0.6 is 34.4 Å². The zero-order valence-corrected chi connectivity index (χ0v) is 15.6. The lowest BCUT2D eigenvalue weighted by molar-refractivity contribution is 0.0409. The third-order valence-electron chi connectivity index (χ3n) is 4.01. The summed E-state index contributed by atoms with van der Waals surface area (Å²) < 4.78 is 5.59. The van der Waals surface area contributed by atoms with Crippen molar-refractivity contribution in [1.29, 1.82) is 0 Å². The van der Waals surface area contributed by atoms with Gasteiger partial charge in [0, 0.05) is 20.9 Å². The Bertz CT molecular complexity index is 817. The maximum absolute atomic E-state index is 10.2. The van der Waals surface area contributed by atoms with Crippen molar-refractivity contribution in [2.75, 3.05) is 12.4 Å². The van der Waals surface area contributed by atoms with E-state index in [0.29, 0.717) is 19.0 Å². The summed E-state index contributed by atoms with van der Waals surface area (Å²) >= 11 is 5.07. The standard InChI is InChI=1S/C17H18N2O2S3/c20-11(7-21-8-12-3-2-6-22-12)9-23-16-15-13-4-1-5-14(13)24-17(15)19-10-18-16/h2-3,6,10-11,20H,1,4-5,7-9H2/t11-/m1/s1. The minimum atomic E-state index is -0.494. The Morgan fingerprint density at radius 1 is 1.33 bits per heavy atom. The molecule has 3 heterocycles. The molecule has 4 rings (SSSR count). The smallest absolute Gasteiger partial charge is 0.128 e. The number of thiophene rings is 2. The number of hydrogen-bond donors (Lipinski definition) is 1. The van der Waals surface area contributed by atoms with Crippen molar-refractivity contribution < 1.29 is 9.84 Å². The quantitative estimate of drug-likeness (QED) is 0.499. The van der Waals surface area contributed by atoms with Crippen LogP contribution in [0, 0.1) is 0 Å². The number of nitrogens with zero attached hydrogens (tertiary/aromatic N) is 2. The molecule has 24 heavy (non-hydrogen) atoms. The summed E-state index contributed by atoms with van der Waals surface area (Å²) in [7, 11) is 0. The minimum absolute atomic E-state index is 0.348. The number of thioether (sulfide) groups is 1. The number of hydrogen-bond acceptors (Lipinski definition) is 7. The van der Waals surface area contributed by atoms with Gasteiger partial charge in [-0.1, -0.05) is 6.07 Å². The Hall–Kier alpha value is -0.990. The average Bonchev–Trinajstić information content (AvgIpc) is 3.29. The van der Waals surface area contributed by atoms with Crippen molar-refractivity contribution >= 4 is 44.7 Å². The summed E-state index contributed by atoms with van der Waals surface area (Å²) in [4.78, 5) is 12.6. The first-order valence-corrected chi connectivity index (χ1v) is 10.7. The van der Waals surface area contributed by atoms with Gasteiger partial charge in [0.1, 0.15) is 16.2 Å². The highest BCUT2D eigenvalue weighted by Gasteiger charge is 2.21. The molecule has 7 heteroatoms. The van der Waals surface area contributed by atoms with E-state index in [9.17, 15) is 5.11 Å². The zero-order chi connectivity index (χ0) is 16.4. The Kier molecular flexibility index (Phi) is 5.14. The van der Waals surface area contributed by atoms with E-state index in [1.165, 1.54) is 33.5 Å². The van der Waals surface area contributed by atoms with Gasteiger partial charge in [-0.2, -0.15) is 0 Å². The Morgan fingerprint density at radius 3 is 3.17 bits per heavy atom. The predicted octanol–water partition coefficient (Wildman–Crippen LogP) is 3.91. The molecule has 126 valence electrons. The molecule has 0 amide bonds. The monoisotopic (exact) mass is 378 g/mol. The second kappa shape index (κ2) is 7.49. The molecule has 0 bridgehead atoms. The number of ether oxygens (including phenoxy) is 1. The number of rotatable bonds is 7. The van der Waals surface area contributed by atoms with Crippen LogP contribution in [0.25, 0.3) is 10.2 Å². The van der Waals surface area contributed by atoms with Crippen molar-refractivity contribution in [2.45, 2.75) is 37.0 Å². The highest BCUT2D eigenvalue weighted by Crippen LogP contribution is 2.40. The van der Waals surface area contributed by atoms with Crippen molar-refractivity contribution in [1.82, 2.24) is 9.97 Å². The van der Waals surface area contributed by atoms with Crippen molar-refractivity contribution in [2.24, 2.45) is 0 Å². The first-order valence-electron chi connectivity index (χ1n) is 7.97. The summed E-state index contributed by atoms with van der Waals surface area (Å²) in [5.41, 5.74) is 1.43. The number of fused-ring (bicyclic) bond motifs is 3. The number of aliphatic hydroxyl groups excluding tert-OH is 1. The lowest BCUT2D eigenvalue weighted by Gasteiger charge is -2.11. The lowest BCUT2D eigenvalue weighted by Crippen LogP contribution is -2.17. The highest BCUT2D eigenvalue weighted by atomic mass is 32.2. The van der Waals surface area contributed by atoms with Crippen LogP contribution in [-0.2, 0) is 24.2 Å². The summed E-state index contributed by atoms with van der Waals surface area (Å²) in [6.07, 6.45) is 4.67. The molecule has 1 N–H and O–H groups in total. The van der Waals surface area contributed by atoms with Crippen LogP contribution in [0.3, 0.4) is 0 Å². The van der Waals surface area contributed by atoms with E-state index >= 15 is 0 Å². The van der Waals surface area contributed by atoms with Gasteiger partial charge in [-0.3, -0.25) is 0 Å². The molecular weight excluding hydrogens is 360 g/mol. The summed E-state index contributed by atoms with van der Waals surface area (Å²) in [6, 6.07) is 4.05. The Labute approximate surface area is 152 Å². The SMILES string of the molecule is O[C@H](COCc1cccs1)CSc1ncnc2sc3c(c12)CCC3. The summed E-state index contributed by atoms with van der Waals surface area (Å²) in [5.74, 6) is 0.584. The van der Waals surface area contributed by atoms with E-state index in [2.05, 4.69) is 9.97 Å². The second-order valence-electron chi connectivity index (χ2n) is 5.78. The van der Waals surface area contributed by atoms with Crippen LogP contribution < -0.4 is 0 Å². The molecule has 1 atom stereocenters. The Balaban J connectivity index is 1.36. The minimum Gasteiger partial charge on any atom is -0.390 e. The second-order valence-corrected chi connectivity index (χ2v) is 8.90. The Morgan fingerprint density at radius 2 is 2.29 bits per heavy atom. The summed E-state index contributed by atoms with van der Waals surface area (Å²) in [5, 5.41) is 14.4. The first kappa shape index (κ1) is 16.5. The molecule has 0 unspecified atom stereocenters. The molecule has 0 spiro atoms. The van der Waals surface area contributed by atoms with E-state index in [4.69, 9.17) is 4.74 Å². The third-order valence-corrected chi connectivity index (χ3v) is 7.20. The van der Waals surface area contributed by atoms with Gasteiger partial charge < -0.3 is 9.84 Å². The van der Waals surface area contributed by atoms with Gasteiger partial charge in [0.25, 0.3) is 0 Å². The molecular formula is C17H18N2O2S3. The van der Waals surface area contributed by atoms with Crippen LogP contribution in [0.5, 0.6) is 0 Å². The maximum atomic E-state index is 10.2. The van der Waals surface area contributed by atoms with Crippen LogP contribution in [0.4, 0.5) is 0 Å². The van der Waals surface area contributed by atoms with E-state index in [1.54, 1.807) is 40.8 Å². The molecule has 1 aliphatic rings. The maximum Gasteiger partial charge on any atom is 0.128 e. The van der Waals surface area contributed by atoms with Gasteiger partial charge in [0.05, 0.1) is 19.3 Å². The van der Waals surface area contributed by atoms with E-state index in [-0.39, 0.29) is 0 Å². The molecule has 0 aromatic carbocycles. The van der Waals surface area contributed by atoms with E-state index in [1.807, 2.05) is 17.5 Å². The van der Waals surface area contributed by atoms with Gasteiger partial charge in [-0.15, -0.1) is 34.4 Å². The number of aromatic nitrogens is 2. The molecule has 0 saturated carbocycles. The van der Waals surface area contributed by atoms with Crippen molar-refractivity contribution in [3.05, 3.63) is 39.2 Å². The largest absolute Gasteiger partial charge is 0.390 e. The van der Waals surface area contributed by atoms with Gasteiger partial charge in [-0.05, 0) is 36.3 Å². The van der Waals surface area contributed by atoms with Crippen LogP contribution in [-0.4, -0.2) is 33.5 Å². The molecule has 0 radical (unpaired) electrons. The predicted molar refractivity (Wildman–Crippen MR) is 100 cm³/mol. The van der Waals surface area contributed by atoms with Crippen molar-refractivity contribution in [3.63, 3.8) is 0 Å². The summed E-state index contributed by atoms with van der Waals surface area (Å²) in [6.45, 7) is 0.913. The first-order chi connectivity index (χ1) is 11.8.